The Morgan fingerprint density at radius 1 is 1.37 bits per heavy atom. The number of nitrogens with zero attached hydrogens (tertiary/aromatic N) is 1. The molecule has 7 nitrogen and oxygen atoms in total. The van der Waals surface area contributed by atoms with E-state index in [0.717, 1.165) is 12.0 Å². The topological polar surface area (TPSA) is 80.3 Å². The van der Waals surface area contributed by atoms with Gasteiger partial charge in [0, 0.05) is 30.5 Å². The van der Waals surface area contributed by atoms with Crippen molar-refractivity contribution >= 4 is 11.6 Å². The number of hydrogen-bond acceptors (Lipinski definition) is 6. The number of ether oxygens (including phenoxy) is 2. The SMILES string of the molecule is CC[C@H]1N[C@H]2C[C@@]3(C(=O)N(OC)c4cc(OC)ccc43)[C@@H]3C[C@@]1(O)[C@H]2CO3. The van der Waals surface area contributed by atoms with Crippen molar-refractivity contribution in [3.63, 3.8) is 0 Å². The maximum atomic E-state index is 13.6. The Kier molecular flexibility index (Phi) is 3.66. The van der Waals surface area contributed by atoms with Gasteiger partial charge >= 0.3 is 0 Å². The van der Waals surface area contributed by atoms with Gasteiger partial charge in [-0.05, 0) is 24.5 Å². The van der Waals surface area contributed by atoms with Crippen molar-refractivity contribution in [1.82, 2.24) is 5.32 Å². The average Bonchev–Trinajstić information content (AvgIpc) is 2.96. The molecule has 2 N–H and O–H groups in total. The van der Waals surface area contributed by atoms with Gasteiger partial charge in [0.25, 0.3) is 5.91 Å². The molecule has 0 aromatic heterocycles. The predicted molar refractivity (Wildman–Crippen MR) is 97.6 cm³/mol. The van der Waals surface area contributed by atoms with Crippen LogP contribution in [0.4, 0.5) is 5.69 Å². The maximum absolute atomic E-state index is 13.6. The van der Waals surface area contributed by atoms with Crippen LogP contribution in [-0.2, 0) is 19.8 Å². The first kappa shape index (κ1) is 17.4. The highest BCUT2D eigenvalue weighted by Gasteiger charge is 2.69. The molecule has 0 radical (unpaired) electrons. The number of amides is 1. The number of hydrogen-bond donors (Lipinski definition) is 2. The van der Waals surface area contributed by atoms with Crippen LogP contribution in [0.25, 0.3) is 0 Å². The Morgan fingerprint density at radius 3 is 2.89 bits per heavy atom. The lowest BCUT2D eigenvalue weighted by Crippen LogP contribution is -2.58. The molecule has 1 spiro atoms. The smallest absolute Gasteiger partial charge is 0.264 e. The summed E-state index contributed by atoms with van der Waals surface area (Å²) in [6.45, 7) is 2.56. The Balaban J connectivity index is 1.67. The molecule has 1 aromatic carbocycles. The standard InChI is InChI=1S/C20H26N2O5/c1-4-16-20(24)9-17-19(8-14(21-16)13(20)10-27-17)12-6-5-11(25-2)7-15(12)22(26-3)18(19)23/h5-7,13-14,16-17,21,24H,4,8-10H2,1-3H3/t13-,14-,16+,17-,19-,20+/m0/s1. The number of rotatable bonds is 3. The molecule has 1 aliphatic carbocycles. The molecule has 27 heavy (non-hydrogen) atoms. The number of methoxy groups -OCH3 is 1. The first-order chi connectivity index (χ1) is 13.0. The Labute approximate surface area is 158 Å². The zero-order valence-electron chi connectivity index (χ0n) is 15.9. The molecule has 146 valence electrons. The number of carbonyl (C=O) groups is 1. The lowest BCUT2D eigenvalue weighted by atomic mass is 9.70. The summed E-state index contributed by atoms with van der Waals surface area (Å²) in [5.41, 5.74) is -0.0931. The van der Waals surface area contributed by atoms with Gasteiger partial charge in [0.15, 0.2) is 0 Å². The highest BCUT2D eigenvalue weighted by molar-refractivity contribution is 6.07. The molecule has 4 heterocycles. The highest BCUT2D eigenvalue weighted by Crippen LogP contribution is 2.58. The van der Waals surface area contributed by atoms with Crippen molar-refractivity contribution < 1.29 is 24.2 Å². The predicted octanol–water partition coefficient (Wildman–Crippen LogP) is 1.13. The second kappa shape index (κ2) is 5.67. The fraction of sp³-hybridized carbons (Fsp3) is 0.650. The van der Waals surface area contributed by atoms with Crippen LogP contribution < -0.4 is 15.1 Å². The summed E-state index contributed by atoms with van der Waals surface area (Å²) >= 11 is 0. The van der Waals surface area contributed by atoms with Gasteiger partial charge < -0.3 is 19.9 Å². The molecule has 4 aliphatic heterocycles. The first-order valence-electron chi connectivity index (χ1n) is 9.66. The first-order valence-corrected chi connectivity index (χ1v) is 9.66. The third-order valence-corrected chi connectivity index (χ3v) is 7.29. The largest absolute Gasteiger partial charge is 0.497 e. The highest BCUT2D eigenvalue weighted by atomic mass is 16.7. The van der Waals surface area contributed by atoms with Crippen LogP contribution in [0, 0.1) is 5.92 Å². The Hall–Kier alpha value is -1.67. The van der Waals surface area contributed by atoms with E-state index in [0.29, 0.717) is 30.9 Å². The van der Waals surface area contributed by atoms with Crippen LogP contribution in [0.2, 0.25) is 0 Å². The molecule has 0 unspecified atom stereocenters. The van der Waals surface area contributed by atoms with E-state index < -0.39 is 11.0 Å². The van der Waals surface area contributed by atoms with Crippen LogP contribution >= 0.6 is 0 Å². The van der Waals surface area contributed by atoms with E-state index in [1.54, 1.807) is 7.11 Å². The number of fused-ring (bicyclic) bond motifs is 2. The molecule has 4 fully saturated rings. The summed E-state index contributed by atoms with van der Waals surface area (Å²) < 4.78 is 11.6. The number of hydroxylamine groups is 1. The van der Waals surface area contributed by atoms with Crippen LogP contribution in [0.3, 0.4) is 0 Å². The number of carbonyl (C=O) groups excluding carboxylic acids is 1. The fourth-order valence-corrected chi connectivity index (χ4v) is 6.00. The third-order valence-electron chi connectivity index (χ3n) is 7.29. The normalized spacial score (nSPS) is 41.9. The lowest BCUT2D eigenvalue weighted by molar-refractivity contribution is -0.157. The van der Waals surface area contributed by atoms with Gasteiger partial charge in [-0.3, -0.25) is 9.63 Å². The van der Waals surface area contributed by atoms with Crippen molar-refractivity contribution in [1.29, 1.82) is 0 Å². The van der Waals surface area contributed by atoms with Gasteiger partial charge in [0.05, 0.1) is 38.2 Å². The molecule has 7 heteroatoms. The van der Waals surface area contributed by atoms with Gasteiger partial charge in [-0.1, -0.05) is 13.0 Å². The quantitative estimate of drug-likeness (QED) is 0.826. The van der Waals surface area contributed by atoms with Crippen LogP contribution in [-0.4, -0.2) is 55.6 Å². The van der Waals surface area contributed by atoms with Crippen LogP contribution in [0.15, 0.2) is 18.2 Å². The second-order valence-electron chi connectivity index (χ2n) is 8.20. The molecular weight excluding hydrogens is 348 g/mol. The summed E-state index contributed by atoms with van der Waals surface area (Å²) in [5.74, 6) is 0.554. The summed E-state index contributed by atoms with van der Waals surface area (Å²) in [4.78, 5) is 19.1. The van der Waals surface area contributed by atoms with Gasteiger partial charge in [-0.2, -0.15) is 5.06 Å². The fourth-order valence-electron chi connectivity index (χ4n) is 6.00. The van der Waals surface area contributed by atoms with Crippen LogP contribution in [0.1, 0.15) is 31.7 Å². The Bertz CT molecular complexity index is 801. The summed E-state index contributed by atoms with van der Waals surface area (Å²) in [6.07, 6.45) is 1.53. The summed E-state index contributed by atoms with van der Waals surface area (Å²) in [7, 11) is 3.10. The van der Waals surface area contributed by atoms with Gasteiger partial charge in [0.2, 0.25) is 0 Å². The zero-order valence-corrected chi connectivity index (χ0v) is 15.9. The van der Waals surface area contributed by atoms with Crippen LogP contribution in [0.5, 0.6) is 5.75 Å². The number of anilines is 1. The van der Waals surface area contributed by atoms with Crippen molar-refractivity contribution in [3.8, 4) is 5.75 Å². The van der Waals surface area contributed by atoms with Crippen molar-refractivity contribution in [2.45, 2.75) is 55.4 Å². The van der Waals surface area contributed by atoms with Crippen molar-refractivity contribution in [2.24, 2.45) is 5.92 Å². The molecule has 1 aromatic rings. The molecule has 1 amide bonds. The van der Waals surface area contributed by atoms with E-state index in [1.807, 2.05) is 18.2 Å². The molecule has 4 bridgehead atoms. The molecule has 3 saturated heterocycles. The van der Waals surface area contributed by atoms with E-state index in [2.05, 4.69) is 12.2 Å². The second-order valence-corrected chi connectivity index (χ2v) is 8.20. The summed E-state index contributed by atoms with van der Waals surface area (Å²) in [5, 5.41) is 16.5. The minimum atomic E-state index is -0.854. The lowest BCUT2D eigenvalue weighted by Gasteiger charge is -2.44. The molecule has 5 aliphatic rings. The van der Waals surface area contributed by atoms with E-state index in [1.165, 1.54) is 12.2 Å². The van der Waals surface area contributed by atoms with E-state index in [9.17, 15) is 9.90 Å². The third kappa shape index (κ3) is 1.98. The maximum Gasteiger partial charge on any atom is 0.264 e. The summed E-state index contributed by atoms with van der Waals surface area (Å²) in [6, 6.07) is 5.73. The molecular formula is C20H26N2O5. The van der Waals surface area contributed by atoms with Gasteiger partial charge in [0.1, 0.15) is 11.2 Å². The van der Waals surface area contributed by atoms with E-state index in [-0.39, 0.29) is 30.0 Å². The molecule has 1 saturated carbocycles. The van der Waals surface area contributed by atoms with E-state index in [4.69, 9.17) is 14.3 Å². The van der Waals surface area contributed by atoms with Crippen molar-refractivity contribution in [2.75, 3.05) is 25.9 Å². The number of aliphatic hydroxyl groups is 1. The number of nitrogens with one attached hydrogen (secondary N) is 1. The van der Waals surface area contributed by atoms with Gasteiger partial charge in [-0.25, -0.2) is 0 Å². The number of benzene rings is 1. The minimum absolute atomic E-state index is 0.00386. The molecule has 6 atom stereocenters. The zero-order chi connectivity index (χ0) is 19.0. The Morgan fingerprint density at radius 2 is 2.19 bits per heavy atom. The monoisotopic (exact) mass is 374 g/mol. The molecule has 6 rings (SSSR count). The van der Waals surface area contributed by atoms with Gasteiger partial charge in [-0.15, -0.1) is 0 Å². The average molecular weight is 374 g/mol. The van der Waals surface area contributed by atoms with E-state index >= 15 is 0 Å². The van der Waals surface area contributed by atoms with Crippen molar-refractivity contribution in [3.05, 3.63) is 23.8 Å². The minimum Gasteiger partial charge on any atom is -0.497 e.